The fraction of sp³-hybridized carbons (Fsp3) is 0. The third-order valence-corrected chi connectivity index (χ3v) is 0. The molecule has 7 heavy (non-hydrogen) atoms. The fourth-order valence-electron chi connectivity index (χ4n) is 0. The van der Waals surface area contributed by atoms with E-state index in [-0.39, 0.29) is 68.7 Å². The molecule has 0 fully saturated rings. The van der Waals surface area contributed by atoms with Crippen LogP contribution in [0.25, 0.3) is 0 Å². The molecule has 0 rings (SSSR count). The van der Waals surface area contributed by atoms with Gasteiger partial charge in [-0.3, -0.25) is 0 Å². The Morgan fingerprint density at radius 1 is 1.14 bits per heavy atom. The number of hydrogen-bond donors (Lipinski definition) is 3. The van der Waals surface area contributed by atoms with Crippen molar-refractivity contribution in [3.8, 4) is 0 Å². The van der Waals surface area contributed by atoms with E-state index < -0.39 is 7.82 Å². The van der Waals surface area contributed by atoms with Crippen LogP contribution in [0.5, 0.6) is 0 Å². The first kappa shape index (κ1) is 16.1. The number of rotatable bonds is 0. The van der Waals surface area contributed by atoms with Crippen molar-refractivity contribution in [3.05, 3.63) is 0 Å². The maximum atomic E-state index is 8.88. The quantitative estimate of drug-likeness (QED) is 0.318. The molecule has 0 aromatic carbocycles. The molecule has 0 aliphatic heterocycles. The molecule has 0 saturated carbocycles. The van der Waals surface area contributed by atoms with Crippen molar-refractivity contribution in [2.24, 2.45) is 0 Å². The van der Waals surface area contributed by atoms with Crippen LogP contribution in [0.15, 0.2) is 0 Å². The van der Waals surface area contributed by atoms with Crippen LogP contribution in [0.4, 0.5) is 0 Å². The van der Waals surface area contributed by atoms with Gasteiger partial charge in [0, 0.05) is 17.4 Å². The zero-order chi connectivity index (χ0) is 4.50. The summed E-state index contributed by atoms with van der Waals surface area (Å²) in [6, 6.07) is 0. The zero-order valence-corrected chi connectivity index (χ0v) is 4.77. The van der Waals surface area contributed by atoms with Crippen molar-refractivity contribution < 1.29 is 36.6 Å². The van der Waals surface area contributed by atoms with E-state index in [2.05, 4.69) is 0 Å². The summed E-state index contributed by atoms with van der Waals surface area (Å²) >= 11 is 0. The van der Waals surface area contributed by atoms with Crippen molar-refractivity contribution in [1.29, 1.82) is 0 Å². The first-order valence-corrected chi connectivity index (χ1v) is 2.35. The Morgan fingerprint density at radius 3 is 1.14 bits per heavy atom. The average molecular weight is 190 g/mol. The summed E-state index contributed by atoms with van der Waals surface area (Å²) in [5.74, 6) is 0. The van der Waals surface area contributed by atoms with E-state index in [1.165, 1.54) is 0 Å². The molecular formula is H4CrKO4P. The van der Waals surface area contributed by atoms with Gasteiger partial charge in [-0.2, -0.15) is 0 Å². The second kappa shape index (κ2) is 6.40. The summed E-state index contributed by atoms with van der Waals surface area (Å²) in [7, 11) is -4.64. The molecule has 0 spiro atoms. The first-order valence-electron chi connectivity index (χ1n) is 0.783. The van der Waals surface area contributed by atoms with Crippen molar-refractivity contribution in [2.75, 3.05) is 0 Å². The van der Waals surface area contributed by atoms with Gasteiger partial charge in [-0.05, 0) is 0 Å². The molecule has 0 unspecified atom stereocenters. The summed E-state index contributed by atoms with van der Waals surface area (Å²) in [6.07, 6.45) is 0. The summed E-state index contributed by atoms with van der Waals surface area (Å²) in [5, 5.41) is 0. The second-order valence-electron chi connectivity index (χ2n) is 0.513. The third-order valence-electron chi connectivity index (χ3n) is 0. The van der Waals surface area contributed by atoms with Crippen LogP contribution < -0.4 is 0 Å². The Labute approximate surface area is 94.1 Å². The monoisotopic (exact) mass is 190 g/mol. The van der Waals surface area contributed by atoms with E-state index in [1.807, 2.05) is 0 Å². The van der Waals surface area contributed by atoms with Crippen LogP contribution in [-0.4, -0.2) is 66.1 Å². The molecular weight excluding hydrogens is 186 g/mol. The predicted molar refractivity (Wildman–Crippen MR) is 21.4 cm³/mol. The van der Waals surface area contributed by atoms with Crippen molar-refractivity contribution in [3.63, 3.8) is 0 Å². The molecule has 4 nitrogen and oxygen atoms in total. The zero-order valence-electron chi connectivity index (χ0n) is 2.61. The Hall–Kier alpha value is 2.28. The van der Waals surface area contributed by atoms with Gasteiger partial charge in [0.25, 0.3) is 0 Å². The molecule has 3 N–H and O–H groups in total. The van der Waals surface area contributed by atoms with Crippen LogP contribution in [0, 0.1) is 0 Å². The standard InChI is InChI=1S/Cr.K.H3O4P.H/c;;1-5(2,3)4;/h;;(H3,1,2,3,4);. The third kappa shape index (κ3) is 62.8. The van der Waals surface area contributed by atoms with E-state index in [4.69, 9.17) is 19.2 Å². The molecule has 0 aliphatic carbocycles. The average Bonchev–Trinajstić information content (AvgIpc) is 0.722. The SMILES string of the molecule is O=P(O)(O)O.[Cr].[KH]. The van der Waals surface area contributed by atoms with E-state index in [0.717, 1.165) is 0 Å². The summed E-state index contributed by atoms with van der Waals surface area (Å²) < 4.78 is 8.88. The van der Waals surface area contributed by atoms with Gasteiger partial charge in [0.15, 0.2) is 0 Å². The normalized spacial score (nSPS) is 8.43. The van der Waals surface area contributed by atoms with Crippen molar-refractivity contribution >= 4 is 59.2 Å². The number of hydrogen-bond acceptors (Lipinski definition) is 1. The van der Waals surface area contributed by atoms with Crippen molar-refractivity contribution in [1.82, 2.24) is 0 Å². The van der Waals surface area contributed by atoms with Gasteiger partial charge in [0.2, 0.25) is 0 Å². The van der Waals surface area contributed by atoms with Crippen LogP contribution in [0.1, 0.15) is 0 Å². The van der Waals surface area contributed by atoms with Crippen LogP contribution in [0.3, 0.4) is 0 Å². The van der Waals surface area contributed by atoms with Gasteiger partial charge in [-0.1, -0.05) is 0 Å². The molecule has 7 heteroatoms. The van der Waals surface area contributed by atoms with Crippen LogP contribution in [-0.2, 0) is 21.9 Å². The number of phosphoric acid groups is 1. The van der Waals surface area contributed by atoms with Gasteiger partial charge < -0.3 is 14.7 Å². The topological polar surface area (TPSA) is 77.8 Å². The first-order chi connectivity index (χ1) is 2.00. The van der Waals surface area contributed by atoms with Crippen LogP contribution >= 0.6 is 7.82 Å². The second-order valence-corrected chi connectivity index (χ2v) is 1.54. The molecule has 0 amide bonds. The van der Waals surface area contributed by atoms with E-state index >= 15 is 0 Å². The van der Waals surface area contributed by atoms with Gasteiger partial charge in [0.05, 0.1) is 0 Å². The van der Waals surface area contributed by atoms with E-state index in [1.54, 1.807) is 0 Å². The van der Waals surface area contributed by atoms with Crippen LogP contribution in [0.2, 0.25) is 0 Å². The summed E-state index contributed by atoms with van der Waals surface area (Å²) in [6.45, 7) is 0. The Balaban J connectivity index is -0.0000000800. The molecule has 0 aliphatic rings. The Morgan fingerprint density at radius 2 is 1.14 bits per heavy atom. The molecule has 0 saturated heterocycles. The molecule has 0 radical (unpaired) electrons. The van der Waals surface area contributed by atoms with Gasteiger partial charge in [-0.15, -0.1) is 0 Å². The molecule has 0 aromatic heterocycles. The Kier molecular flexibility index (Phi) is 14.7. The molecule has 0 heterocycles. The fourth-order valence-corrected chi connectivity index (χ4v) is 0. The molecule has 0 aromatic rings. The maximum absolute atomic E-state index is 8.88. The van der Waals surface area contributed by atoms with Gasteiger partial charge in [0.1, 0.15) is 0 Å². The van der Waals surface area contributed by atoms with E-state index in [9.17, 15) is 0 Å². The molecule has 40 valence electrons. The van der Waals surface area contributed by atoms with Crippen molar-refractivity contribution in [2.45, 2.75) is 0 Å². The van der Waals surface area contributed by atoms with Gasteiger partial charge >= 0.3 is 59.2 Å². The Bertz CT molecular complexity index is 57.8. The van der Waals surface area contributed by atoms with E-state index in [0.29, 0.717) is 0 Å². The summed E-state index contributed by atoms with van der Waals surface area (Å²) in [4.78, 5) is 21.6. The predicted octanol–water partition coefficient (Wildman–Crippen LogP) is -1.58. The minimum absolute atomic E-state index is 0. The summed E-state index contributed by atoms with van der Waals surface area (Å²) in [5.41, 5.74) is 0. The molecule has 0 bridgehead atoms. The molecule has 0 atom stereocenters. The van der Waals surface area contributed by atoms with Gasteiger partial charge in [-0.25, -0.2) is 4.57 Å². The minimum atomic E-state index is -4.64.